The minimum absolute atomic E-state index is 0.111. The van der Waals surface area contributed by atoms with Gasteiger partial charge in [-0.05, 0) is 19.1 Å². The summed E-state index contributed by atoms with van der Waals surface area (Å²) in [6.45, 7) is 3.10. The van der Waals surface area contributed by atoms with E-state index in [9.17, 15) is 4.79 Å². The molecule has 0 radical (unpaired) electrons. The standard InChI is InChI=1S/C18H22N4O3/c1-12(15-5-4-14(24-2)8-17(15)25-3)21-18(23)22-7-6-16-13(10-22)9-19-11-20-16/h4-5,8-9,11-12H,6-7,10H2,1-3H3,(H,21,23)/t12-/m1/s1. The van der Waals surface area contributed by atoms with E-state index in [0.29, 0.717) is 24.6 Å². The number of rotatable bonds is 4. The third kappa shape index (κ3) is 3.65. The number of nitrogens with one attached hydrogen (secondary N) is 1. The number of fused-ring (bicyclic) bond motifs is 1. The zero-order valence-corrected chi connectivity index (χ0v) is 14.7. The summed E-state index contributed by atoms with van der Waals surface area (Å²) in [5.74, 6) is 1.40. The molecule has 0 spiro atoms. The molecule has 0 saturated carbocycles. The van der Waals surface area contributed by atoms with Crippen LogP contribution in [-0.2, 0) is 13.0 Å². The summed E-state index contributed by atoms with van der Waals surface area (Å²) in [6, 6.07) is 5.27. The van der Waals surface area contributed by atoms with Crippen LogP contribution in [0.2, 0.25) is 0 Å². The lowest BCUT2D eigenvalue weighted by Crippen LogP contribution is -2.43. The number of methoxy groups -OCH3 is 2. The minimum atomic E-state index is -0.193. The molecule has 3 rings (SSSR count). The zero-order chi connectivity index (χ0) is 17.8. The van der Waals surface area contributed by atoms with Crippen molar-refractivity contribution in [3.05, 3.63) is 47.5 Å². The summed E-state index contributed by atoms with van der Waals surface area (Å²) in [7, 11) is 3.21. The lowest BCUT2D eigenvalue weighted by Gasteiger charge is -2.29. The first-order chi connectivity index (χ1) is 12.1. The van der Waals surface area contributed by atoms with Crippen molar-refractivity contribution in [2.45, 2.75) is 25.9 Å². The normalized spacial score (nSPS) is 14.4. The number of urea groups is 1. The van der Waals surface area contributed by atoms with Gasteiger partial charge in [0.1, 0.15) is 17.8 Å². The Hall–Kier alpha value is -2.83. The number of carbonyl (C=O) groups excluding carboxylic acids is 1. The topological polar surface area (TPSA) is 76.6 Å². The van der Waals surface area contributed by atoms with Gasteiger partial charge in [0.25, 0.3) is 0 Å². The van der Waals surface area contributed by atoms with Crippen molar-refractivity contribution in [2.24, 2.45) is 0 Å². The molecule has 7 heteroatoms. The number of nitrogens with zero attached hydrogens (tertiary/aromatic N) is 3. The molecule has 1 aliphatic rings. The molecule has 2 heterocycles. The average molecular weight is 342 g/mol. The summed E-state index contributed by atoms with van der Waals surface area (Å²) in [5, 5.41) is 3.03. The van der Waals surface area contributed by atoms with Gasteiger partial charge in [-0.2, -0.15) is 0 Å². The Balaban J connectivity index is 1.69. The Morgan fingerprint density at radius 1 is 1.32 bits per heavy atom. The van der Waals surface area contributed by atoms with Gasteiger partial charge in [0, 0.05) is 36.4 Å². The lowest BCUT2D eigenvalue weighted by atomic mass is 10.1. The summed E-state index contributed by atoms with van der Waals surface area (Å²) in [6.07, 6.45) is 4.07. The van der Waals surface area contributed by atoms with Crippen LogP contribution in [0.25, 0.3) is 0 Å². The van der Waals surface area contributed by atoms with E-state index in [4.69, 9.17) is 9.47 Å². The highest BCUT2D eigenvalue weighted by atomic mass is 16.5. The second-order valence-corrected chi connectivity index (χ2v) is 5.95. The smallest absolute Gasteiger partial charge is 0.318 e. The Morgan fingerprint density at radius 2 is 2.16 bits per heavy atom. The van der Waals surface area contributed by atoms with Crippen LogP contribution in [0.15, 0.2) is 30.7 Å². The van der Waals surface area contributed by atoms with Gasteiger partial charge in [-0.15, -0.1) is 0 Å². The van der Waals surface area contributed by atoms with Crippen LogP contribution in [0.4, 0.5) is 4.79 Å². The Kier molecular flexibility index (Phi) is 5.02. The van der Waals surface area contributed by atoms with E-state index in [-0.39, 0.29) is 12.1 Å². The van der Waals surface area contributed by atoms with Gasteiger partial charge in [-0.25, -0.2) is 14.8 Å². The summed E-state index contributed by atoms with van der Waals surface area (Å²) in [5.41, 5.74) is 2.92. The molecule has 0 saturated heterocycles. The van der Waals surface area contributed by atoms with Gasteiger partial charge in [-0.3, -0.25) is 0 Å². The molecule has 25 heavy (non-hydrogen) atoms. The lowest BCUT2D eigenvalue weighted by molar-refractivity contribution is 0.188. The van der Waals surface area contributed by atoms with E-state index in [2.05, 4.69) is 15.3 Å². The van der Waals surface area contributed by atoms with E-state index in [1.54, 1.807) is 31.6 Å². The SMILES string of the molecule is COc1ccc([C@@H](C)NC(=O)N2CCc3ncncc3C2)c(OC)c1. The van der Waals surface area contributed by atoms with E-state index in [0.717, 1.165) is 23.2 Å². The molecular formula is C18H22N4O3. The molecule has 1 aliphatic heterocycles. The fraction of sp³-hybridized carbons (Fsp3) is 0.389. The fourth-order valence-corrected chi connectivity index (χ4v) is 2.97. The van der Waals surface area contributed by atoms with Crippen LogP contribution in [0.5, 0.6) is 11.5 Å². The maximum absolute atomic E-state index is 12.6. The van der Waals surface area contributed by atoms with E-state index in [1.807, 2.05) is 25.1 Å². The molecule has 1 atom stereocenters. The second kappa shape index (κ2) is 7.38. The molecule has 2 aromatic rings. The number of hydrogen-bond acceptors (Lipinski definition) is 5. The monoisotopic (exact) mass is 342 g/mol. The van der Waals surface area contributed by atoms with Crippen LogP contribution in [0.3, 0.4) is 0 Å². The third-order valence-electron chi connectivity index (χ3n) is 4.40. The number of benzene rings is 1. The van der Waals surface area contributed by atoms with Gasteiger partial charge in [0.05, 0.1) is 32.5 Å². The molecule has 1 aromatic heterocycles. The molecule has 2 amide bonds. The van der Waals surface area contributed by atoms with Crippen LogP contribution >= 0.6 is 0 Å². The number of aromatic nitrogens is 2. The van der Waals surface area contributed by atoms with Crippen molar-refractivity contribution in [2.75, 3.05) is 20.8 Å². The van der Waals surface area contributed by atoms with Crippen LogP contribution in [-0.4, -0.2) is 41.7 Å². The van der Waals surface area contributed by atoms with Crippen molar-refractivity contribution < 1.29 is 14.3 Å². The molecule has 0 bridgehead atoms. The molecule has 0 unspecified atom stereocenters. The highest BCUT2D eigenvalue weighted by Gasteiger charge is 2.23. The molecule has 0 aliphatic carbocycles. The predicted octanol–water partition coefficient (Wildman–Crippen LogP) is 2.32. The molecule has 1 N–H and O–H groups in total. The maximum atomic E-state index is 12.6. The van der Waals surface area contributed by atoms with Crippen molar-refractivity contribution in [1.82, 2.24) is 20.2 Å². The largest absolute Gasteiger partial charge is 0.497 e. The second-order valence-electron chi connectivity index (χ2n) is 5.95. The summed E-state index contributed by atoms with van der Waals surface area (Å²) < 4.78 is 10.6. The van der Waals surface area contributed by atoms with E-state index >= 15 is 0 Å². The first kappa shape index (κ1) is 17.0. The van der Waals surface area contributed by atoms with Gasteiger partial charge in [0.2, 0.25) is 0 Å². The quantitative estimate of drug-likeness (QED) is 0.923. The van der Waals surface area contributed by atoms with Gasteiger partial charge < -0.3 is 19.7 Å². The van der Waals surface area contributed by atoms with Crippen molar-refractivity contribution >= 4 is 6.03 Å². The Labute approximate surface area is 147 Å². The molecule has 132 valence electrons. The van der Waals surface area contributed by atoms with Crippen LogP contribution in [0.1, 0.15) is 29.8 Å². The summed E-state index contributed by atoms with van der Waals surface area (Å²) >= 11 is 0. The highest BCUT2D eigenvalue weighted by Crippen LogP contribution is 2.29. The highest BCUT2D eigenvalue weighted by molar-refractivity contribution is 5.75. The van der Waals surface area contributed by atoms with Crippen molar-refractivity contribution in [3.8, 4) is 11.5 Å². The Bertz CT molecular complexity index is 766. The van der Waals surface area contributed by atoms with Crippen LogP contribution in [0, 0.1) is 0 Å². The molecular weight excluding hydrogens is 320 g/mol. The number of carbonyl (C=O) groups is 1. The van der Waals surface area contributed by atoms with Crippen molar-refractivity contribution in [1.29, 1.82) is 0 Å². The Morgan fingerprint density at radius 3 is 2.92 bits per heavy atom. The van der Waals surface area contributed by atoms with Gasteiger partial charge in [0.15, 0.2) is 0 Å². The maximum Gasteiger partial charge on any atom is 0.318 e. The third-order valence-corrected chi connectivity index (χ3v) is 4.40. The van der Waals surface area contributed by atoms with Crippen LogP contribution < -0.4 is 14.8 Å². The van der Waals surface area contributed by atoms with E-state index in [1.165, 1.54) is 0 Å². The summed E-state index contributed by atoms with van der Waals surface area (Å²) in [4.78, 5) is 22.7. The average Bonchev–Trinajstić information content (AvgIpc) is 2.66. The molecule has 0 fully saturated rings. The molecule has 7 nitrogen and oxygen atoms in total. The van der Waals surface area contributed by atoms with Gasteiger partial charge >= 0.3 is 6.03 Å². The first-order valence-corrected chi connectivity index (χ1v) is 8.17. The number of ether oxygens (including phenoxy) is 2. The van der Waals surface area contributed by atoms with E-state index < -0.39 is 0 Å². The zero-order valence-electron chi connectivity index (χ0n) is 14.7. The van der Waals surface area contributed by atoms with Crippen molar-refractivity contribution in [3.63, 3.8) is 0 Å². The van der Waals surface area contributed by atoms with Gasteiger partial charge in [-0.1, -0.05) is 0 Å². The fourth-order valence-electron chi connectivity index (χ4n) is 2.97. The first-order valence-electron chi connectivity index (χ1n) is 8.17. The molecule has 1 aromatic carbocycles. The number of amides is 2. The predicted molar refractivity (Wildman–Crippen MR) is 92.6 cm³/mol. The minimum Gasteiger partial charge on any atom is -0.497 e. The number of hydrogen-bond donors (Lipinski definition) is 1.